The van der Waals surface area contributed by atoms with E-state index in [1.807, 2.05) is 6.07 Å². The number of nitrogens with zero attached hydrogens (tertiary/aromatic N) is 1. The van der Waals surface area contributed by atoms with E-state index in [2.05, 4.69) is 15.5 Å². The Balaban J connectivity index is 1.68. The van der Waals surface area contributed by atoms with Gasteiger partial charge in [0.05, 0.1) is 16.6 Å². The number of halogens is 1. The fourth-order valence-corrected chi connectivity index (χ4v) is 3.23. The zero-order chi connectivity index (χ0) is 21.5. The van der Waals surface area contributed by atoms with Gasteiger partial charge in [0.15, 0.2) is 0 Å². The Bertz CT molecular complexity index is 1130. The molecular weight excluding hydrogens is 389 g/mol. The average Bonchev–Trinajstić information content (AvgIpc) is 2.73. The molecule has 8 heteroatoms. The summed E-state index contributed by atoms with van der Waals surface area (Å²) in [5, 5.41) is 19.1. The van der Waals surface area contributed by atoms with Gasteiger partial charge in [-0.25, -0.2) is 9.49 Å². The first-order chi connectivity index (χ1) is 14.5. The highest BCUT2D eigenvalue weighted by molar-refractivity contribution is 5.94. The highest BCUT2D eigenvalue weighted by atomic mass is 19.1. The van der Waals surface area contributed by atoms with Crippen LogP contribution in [0.2, 0.25) is 0 Å². The molecule has 0 aliphatic rings. The van der Waals surface area contributed by atoms with Gasteiger partial charge in [-0.3, -0.25) is 14.4 Å². The van der Waals surface area contributed by atoms with Crippen LogP contribution in [0.1, 0.15) is 47.3 Å². The molecule has 0 unspecified atom stereocenters. The Morgan fingerprint density at radius 3 is 2.60 bits per heavy atom. The van der Waals surface area contributed by atoms with E-state index in [-0.39, 0.29) is 17.5 Å². The summed E-state index contributed by atoms with van der Waals surface area (Å²) in [6.45, 7) is 0.342. The molecule has 0 atom stereocenters. The van der Waals surface area contributed by atoms with Crippen molar-refractivity contribution in [2.45, 2.75) is 32.1 Å². The number of hydrogen-bond acceptors (Lipinski definition) is 4. The predicted molar refractivity (Wildman–Crippen MR) is 110 cm³/mol. The summed E-state index contributed by atoms with van der Waals surface area (Å²) in [6, 6.07) is 11.4. The Morgan fingerprint density at radius 2 is 1.83 bits per heavy atom. The van der Waals surface area contributed by atoms with E-state index < -0.39 is 17.7 Å². The molecule has 3 N–H and O–H groups in total. The first-order valence-corrected chi connectivity index (χ1v) is 9.70. The zero-order valence-corrected chi connectivity index (χ0v) is 16.3. The molecule has 2 aromatic carbocycles. The lowest BCUT2D eigenvalue weighted by molar-refractivity contribution is -0.137. The maximum Gasteiger partial charge on any atom is 0.303 e. The summed E-state index contributed by atoms with van der Waals surface area (Å²) in [6.07, 6.45) is 2.24. The van der Waals surface area contributed by atoms with Gasteiger partial charge in [-0.15, -0.1) is 0 Å². The van der Waals surface area contributed by atoms with Crippen LogP contribution in [0.3, 0.4) is 0 Å². The summed E-state index contributed by atoms with van der Waals surface area (Å²) in [7, 11) is 0. The molecule has 3 aromatic rings. The van der Waals surface area contributed by atoms with Crippen molar-refractivity contribution < 1.29 is 19.1 Å². The summed E-state index contributed by atoms with van der Waals surface area (Å²) < 4.78 is 14.2. The Labute approximate surface area is 171 Å². The van der Waals surface area contributed by atoms with Gasteiger partial charge in [0.25, 0.3) is 11.5 Å². The first kappa shape index (κ1) is 21.2. The predicted octanol–water partition coefficient (Wildman–Crippen LogP) is 3.03. The third kappa shape index (κ3) is 5.28. The average molecular weight is 411 g/mol. The molecule has 0 aliphatic heterocycles. The van der Waals surface area contributed by atoms with Crippen LogP contribution >= 0.6 is 0 Å². The van der Waals surface area contributed by atoms with E-state index in [0.29, 0.717) is 54.3 Å². The van der Waals surface area contributed by atoms with Crippen molar-refractivity contribution in [3.05, 3.63) is 75.5 Å². The van der Waals surface area contributed by atoms with E-state index in [4.69, 9.17) is 5.11 Å². The Morgan fingerprint density at radius 1 is 1.07 bits per heavy atom. The molecule has 3 rings (SSSR count). The lowest BCUT2D eigenvalue weighted by Crippen LogP contribution is -2.25. The molecule has 7 nitrogen and oxygen atoms in total. The molecule has 1 amide bonds. The SMILES string of the molecule is O=C(O)CCCCCNC(=O)c1cc(Cc2n[nH]c(=O)c3ccccc23)ccc1F. The lowest BCUT2D eigenvalue weighted by Gasteiger charge is -2.09. The number of carbonyl (C=O) groups excluding carboxylic acids is 1. The maximum atomic E-state index is 14.2. The topological polar surface area (TPSA) is 112 Å². The highest BCUT2D eigenvalue weighted by Gasteiger charge is 2.14. The number of benzene rings is 2. The monoisotopic (exact) mass is 411 g/mol. The summed E-state index contributed by atoms with van der Waals surface area (Å²) in [4.78, 5) is 34.8. The Hall–Kier alpha value is -3.55. The van der Waals surface area contributed by atoms with Crippen molar-refractivity contribution in [3.63, 3.8) is 0 Å². The number of fused-ring (bicyclic) bond motifs is 1. The number of carbonyl (C=O) groups is 2. The second-order valence-corrected chi connectivity index (χ2v) is 7.00. The molecule has 0 saturated carbocycles. The van der Waals surface area contributed by atoms with Gasteiger partial charge in [0, 0.05) is 24.8 Å². The molecule has 30 heavy (non-hydrogen) atoms. The maximum absolute atomic E-state index is 14.2. The van der Waals surface area contributed by atoms with Gasteiger partial charge in [-0.2, -0.15) is 5.10 Å². The van der Waals surface area contributed by atoms with E-state index in [9.17, 15) is 18.8 Å². The number of hydrogen-bond donors (Lipinski definition) is 3. The zero-order valence-electron chi connectivity index (χ0n) is 16.3. The molecule has 0 bridgehead atoms. The van der Waals surface area contributed by atoms with Gasteiger partial charge in [0.1, 0.15) is 5.82 Å². The summed E-state index contributed by atoms with van der Waals surface area (Å²) in [5.41, 5.74) is 0.970. The normalized spacial score (nSPS) is 10.8. The number of carboxylic acids is 1. The number of H-pyrrole nitrogens is 1. The highest BCUT2D eigenvalue weighted by Crippen LogP contribution is 2.18. The van der Waals surface area contributed by atoms with E-state index in [1.165, 1.54) is 12.1 Å². The Kier molecular flexibility index (Phi) is 6.90. The third-order valence-corrected chi connectivity index (χ3v) is 4.77. The number of amides is 1. The fourth-order valence-electron chi connectivity index (χ4n) is 3.23. The third-order valence-electron chi connectivity index (χ3n) is 4.77. The number of nitrogens with one attached hydrogen (secondary N) is 2. The van der Waals surface area contributed by atoms with Crippen molar-refractivity contribution in [1.82, 2.24) is 15.5 Å². The standard InChI is InChI=1S/C22H22FN3O4/c23-18-10-9-14(12-17(18)21(29)24-11-5-1-2-8-20(27)28)13-19-15-6-3-4-7-16(15)22(30)26-25-19/h3-4,6-7,9-10,12H,1-2,5,8,11,13H2,(H,24,29)(H,26,30)(H,27,28). The first-order valence-electron chi connectivity index (χ1n) is 9.70. The van der Waals surface area contributed by atoms with E-state index >= 15 is 0 Å². The largest absolute Gasteiger partial charge is 0.481 e. The van der Waals surface area contributed by atoms with Crippen molar-refractivity contribution in [2.24, 2.45) is 0 Å². The van der Waals surface area contributed by atoms with Crippen LogP contribution in [0.5, 0.6) is 0 Å². The minimum absolute atomic E-state index is 0.0632. The molecule has 156 valence electrons. The molecule has 0 saturated heterocycles. The van der Waals surface area contributed by atoms with Crippen LogP contribution in [0.25, 0.3) is 10.8 Å². The molecule has 1 aromatic heterocycles. The minimum Gasteiger partial charge on any atom is -0.481 e. The fraction of sp³-hybridized carbons (Fsp3) is 0.273. The van der Waals surface area contributed by atoms with Crippen molar-refractivity contribution in [3.8, 4) is 0 Å². The van der Waals surface area contributed by atoms with Crippen molar-refractivity contribution in [2.75, 3.05) is 6.54 Å². The molecular formula is C22H22FN3O4. The smallest absolute Gasteiger partial charge is 0.303 e. The molecule has 0 radical (unpaired) electrons. The van der Waals surface area contributed by atoms with Crippen molar-refractivity contribution >= 4 is 22.6 Å². The number of aliphatic carboxylic acids is 1. The van der Waals surface area contributed by atoms with Crippen LogP contribution in [0.15, 0.2) is 47.3 Å². The second-order valence-electron chi connectivity index (χ2n) is 7.00. The van der Waals surface area contributed by atoms with Crippen LogP contribution in [0.4, 0.5) is 4.39 Å². The van der Waals surface area contributed by atoms with Gasteiger partial charge < -0.3 is 10.4 Å². The second kappa shape index (κ2) is 9.78. The molecule has 1 heterocycles. The van der Waals surface area contributed by atoms with Crippen LogP contribution in [0, 0.1) is 5.82 Å². The summed E-state index contributed by atoms with van der Waals surface area (Å²) >= 11 is 0. The minimum atomic E-state index is -0.845. The van der Waals surface area contributed by atoms with Gasteiger partial charge in [0.2, 0.25) is 0 Å². The quantitative estimate of drug-likeness (QED) is 0.469. The summed E-state index contributed by atoms with van der Waals surface area (Å²) in [5.74, 6) is -1.99. The van der Waals surface area contributed by atoms with Gasteiger partial charge in [-0.05, 0) is 36.6 Å². The molecule has 0 aliphatic carbocycles. The lowest BCUT2D eigenvalue weighted by atomic mass is 10.0. The van der Waals surface area contributed by atoms with Crippen LogP contribution < -0.4 is 10.9 Å². The number of rotatable bonds is 9. The number of aromatic nitrogens is 2. The number of aromatic amines is 1. The molecule has 0 fully saturated rings. The van der Waals surface area contributed by atoms with E-state index in [0.717, 1.165) is 0 Å². The molecule has 0 spiro atoms. The van der Waals surface area contributed by atoms with Gasteiger partial charge >= 0.3 is 5.97 Å². The number of unbranched alkanes of at least 4 members (excludes halogenated alkanes) is 2. The van der Waals surface area contributed by atoms with E-state index in [1.54, 1.807) is 24.3 Å². The van der Waals surface area contributed by atoms with Crippen LogP contribution in [-0.4, -0.2) is 33.7 Å². The number of carboxylic acid groups (broad SMARTS) is 1. The van der Waals surface area contributed by atoms with Gasteiger partial charge in [-0.1, -0.05) is 30.7 Å². The van der Waals surface area contributed by atoms with Crippen LogP contribution in [-0.2, 0) is 11.2 Å². The van der Waals surface area contributed by atoms with Crippen molar-refractivity contribution in [1.29, 1.82) is 0 Å².